The third-order valence-corrected chi connectivity index (χ3v) is 6.35. The van der Waals surface area contributed by atoms with Crippen molar-refractivity contribution >= 4 is 12.6 Å². The quantitative estimate of drug-likeness (QED) is 0.797. The molecule has 0 saturated carbocycles. The predicted molar refractivity (Wildman–Crippen MR) is 106 cm³/mol. The van der Waals surface area contributed by atoms with Crippen LogP contribution in [0, 0.1) is 0 Å². The topological polar surface area (TPSA) is 73.3 Å². The number of piperidine rings is 1. The minimum absolute atomic E-state index is 0.0868. The molecular weight excluding hydrogens is 358 g/mol. The van der Waals surface area contributed by atoms with Gasteiger partial charge in [-0.2, -0.15) is 0 Å². The number of fused-ring (bicyclic) bond motifs is 1. The summed E-state index contributed by atoms with van der Waals surface area (Å²) in [4.78, 5) is 27.5. The predicted octanol–water partition coefficient (Wildman–Crippen LogP) is 2.27. The highest BCUT2D eigenvalue weighted by atomic mass is 16.6. The number of ether oxygens (including phenoxy) is 1. The van der Waals surface area contributed by atoms with E-state index in [9.17, 15) is 4.79 Å². The molecule has 3 aliphatic rings. The molecule has 1 unspecified atom stereocenters. The van der Waals surface area contributed by atoms with Gasteiger partial charge in [0.2, 0.25) is 0 Å². The molecule has 3 saturated heterocycles. The lowest BCUT2D eigenvalue weighted by Gasteiger charge is -2.48. The summed E-state index contributed by atoms with van der Waals surface area (Å²) in [5.74, 6) is 0. The number of amides is 1. The molecule has 0 radical (unpaired) electrons. The van der Waals surface area contributed by atoms with E-state index in [4.69, 9.17) is 14.6 Å². The van der Waals surface area contributed by atoms with Crippen LogP contribution in [-0.4, -0.2) is 83.3 Å². The molecule has 0 spiro atoms. The lowest BCUT2D eigenvalue weighted by Crippen LogP contribution is -2.63. The first-order chi connectivity index (χ1) is 13.6. The number of carbonyl (C=O) groups is 2. The molecule has 0 bridgehead atoms. The van der Waals surface area contributed by atoms with Crippen molar-refractivity contribution in [3.05, 3.63) is 35.9 Å². The molecule has 7 nitrogen and oxygen atoms in total. The molecule has 3 fully saturated rings. The molecular formula is C21H31N3O4. The molecule has 7 heteroatoms. The maximum absolute atomic E-state index is 12.0. The number of likely N-dealkylation sites (tertiary alicyclic amines) is 1. The second-order valence-electron chi connectivity index (χ2n) is 7.85. The number of hydrogen-bond donors (Lipinski definition) is 1. The lowest BCUT2D eigenvalue weighted by molar-refractivity contribution is -0.122. The van der Waals surface area contributed by atoms with Crippen LogP contribution in [0.25, 0.3) is 0 Å². The van der Waals surface area contributed by atoms with E-state index in [0.29, 0.717) is 12.6 Å². The lowest BCUT2D eigenvalue weighted by atomic mass is 9.90. The SMILES string of the molecule is CCC12COC(=O)N1CCN(C1CCN(Cc3ccccc3)CC1)C2.O=CO. The summed E-state index contributed by atoms with van der Waals surface area (Å²) >= 11 is 0. The molecule has 4 rings (SSSR count). The highest BCUT2D eigenvalue weighted by Crippen LogP contribution is 2.33. The number of nitrogens with zero attached hydrogens (tertiary/aromatic N) is 3. The third-order valence-electron chi connectivity index (χ3n) is 6.35. The van der Waals surface area contributed by atoms with Crippen LogP contribution in [0.3, 0.4) is 0 Å². The van der Waals surface area contributed by atoms with Crippen LogP contribution in [0.15, 0.2) is 30.3 Å². The van der Waals surface area contributed by atoms with Gasteiger partial charge in [0.05, 0.1) is 5.54 Å². The van der Waals surface area contributed by atoms with Crippen LogP contribution in [-0.2, 0) is 16.1 Å². The summed E-state index contributed by atoms with van der Waals surface area (Å²) in [5, 5.41) is 6.89. The van der Waals surface area contributed by atoms with Gasteiger partial charge >= 0.3 is 6.09 Å². The molecule has 28 heavy (non-hydrogen) atoms. The second-order valence-corrected chi connectivity index (χ2v) is 7.85. The Kier molecular flexibility index (Phi) is 6.91. The van der Waals surface area contributed by atoms with Crippen molar-refractivity contribution in [2.24, 2.45) is 0 Å². The summed E-state index contributed by atoms with van der Waals surface area (Å²) < 4.78 is 5.37. The van der Waals surface area contributed by atoms with Crippen LogP contribution in [0.1, 0.15) is 31.7 Å². The minimum Gasteiger partial charge on any atom is -0.483 e. The third kappa shape index (κ3) is 4.47. The highest BCUT2D eigenvalue weighted by molar-refractivity contribution is 5.71. The Labute approximate surface area is 166 Å². The number of piperazine rings is 1. The second kappa shape index (κ2) is 9.39. The average Bonchev–Trinajstić information content (AvgIpc) is 3.07. The summed E-state index contributed by atoms with van der Waals surface area (Å²) in [6.45, 7) is 8.65. The van der Waals surface area contributed by atoms with Crippen molar-refractivity contribution in [3.8, 4) is 0 Å². The monoisotopic (exact) mass is 389 g/mol. The van der Waals surface area contributed by atoms with Crippen molar-refractivity contribution in [1.82, 2.24) is 14.7 Å². The molecule has 1 N–H and O–H groups in total. The zero-order valence-corrected chi connectivity index (χ0v) is 16.6. The average molecular weight is 389 g/mol. The fourth-order valence-corrected chi connectivity index (χ4v) is 4.69. The van der Waals surface area contributed by atoms with E-state index in [2.05, 4.69) is 47.1 Å². The summed E-state index contributed by atoms with van der Waals surface area (Å²) in [5.41, 5.74) is 1.32. The number of cyclic esters (lactones) is 1. The van der Waals surface area contributed by atoms with E-state index in [1.165, 1.54) is 18.4 Å². The Balaban J connectivity index is 0.000000706. The van der Waals surface area contributed by atoms with Crippen molar-refractivity contribution in [2.45, 2.75) is 44.3 Å². The fraction of sp³-hybridized carbons (Fsp3) is 0.619. The summed E-state index contributed by atoms with van der Waals surface area (Å²) in [6.07, 6.45) is 3.31. The molecule has 1 atom stereocenters. The molecule has 0 aliphatic carbocycles. The maximum Gasteiger partial charge on any atom is 0.410 e. The molecule has 3 aliphatic heterocycles. The molecule has 1 amide bonds. The van der Waals surface area contributed by atoms with Crippen LogP contribution >= 0.6 is 0 Å². The van der Waals surface area contributed by atoms with E-state index in [1.807, 2.05) is 4.90 Å². The first-order valence-corrected chi connectivity index (χ1v) is 10.1. The van der Waals surface area contributed by atoms with Gasteiger partial charge in [-0.05, 0) is 37.9 Å². The van der Waals surface area contributed by atoms with Gasteiger partial charge in [-0.25, -0.2) is 4.79 Å². The number of carboxylic acid groups (broad SMARTS) is 1. The van der Waals surface area contributed by atoms with Gasteiger partial charge in [-0.15, -0.1) is 0 Å². The first kappa shape index (κ1) is 20.6. The van der Waals surface area contributed by atoms with Crippen LogP contribution in [0.5, 0.6) is 0 Å². The Morgan fingerprint density at radius 1 is 1.18 bits per heavy atom. The number of hydrogen-bond acceptors (Lipinski definition) is 5. The van der Waals surface area contributed by atoms with E-state index in [-0.39, 0.29) is 18.1 Å². The zero-order valence-electron chi connectivity index (χ0n) is 16.6. The molecule has 1 aromatic carbocycles. The fourth-order valence-electron chi connectivity index (χ4n) is 4.69. The molecule has 0 aromatic heterocycles. The van der Waals surface area contributed by atoms with E-state index < -0.39 is 0 Å². The molecule has 1 aromatic rings. The van der Waals surface area contributed by atoms with Gasteiger partial charge in [0.1, 0.15) is 6.61 Å². The number of benzene rings is 1. The summed E-state index contributed by atoms with van der Waals surface area (Å²) in [6, 6.07) is 11.4. The van der Waals surface area contributed by atoms with E-state index >= 15 is 0 Å². The Morgan fingerprint density at radius 3 is 2.50 bits per heavy atom. The smallest absolute Gasteiger partial charge is 0.410 e. The van der Waals surface area contributed by atoms with E-state index in [1.54, 1.807) is 0 Å². The highest BCUT2D eigenvalue weighted by Gasteiger charge is 2.50. The number of rotatable bonds is 4. The molecule has 154 valence electrons. The Hall–Kier alpha value is -2.12. The largest absolute Gasteiger partial charge is 0.483 e. The van der Waals surface area contributed by atoms with Gasteiger partial charge in [0.25, 0.3) is 6.47 Å². The van der Waals surface area contributed by atoms with Crippen LogP contribution < -0.4 is 0 Å². The Morgan fingerprint density at radius 2 is 1.86 bits per heavy atom. The first-order valence-electron chi connectivity index (χ1n) is 10.1. The zero-order chi connectivity index (χ0) is 20.0. The van der Waals surface area contributed by atoms with Crippen molar-refractivity contribution in [1.29, 1.82) is 0 Å². The Bertz CT molecular complexity index is 648. The van der Waals surface area contributed by atoms with Gasteiger partial charge in [-0.1, -0.05) is 37.3 Å². The van der Waals surface area contributed by atoms with Gasteiger partial charge < -0.3 is 9.84 Å². The maximum atomic E-state index is 12.0. The van der Waals surface area contributed by atoms with Gasteiger partial charge in [0.15, 0.2) is 0 Å². The normalized spacial score (nSPS) is 26.2. The van der Waals surface area contributed by atoms with Crippen molar-refractivity contribution < 1.29 is 19.4 Å². The number of carbonyl (C=O) groups excluding carboxylic acids is 1. The van der Waals surface area contributed by atoms with E-state index in [0.717, 1.165) is 45.7 Å². The summed E-state index contributed by atoms with van der Waals surface area (Å²) in [7, 11) is 0. The minimum atomic E-state index is -0.250. The molecule has 3 heterocycles. The van der Waals surface area contributed by atoms with Crippen LogP contribution in [0.4, 0.5) is 4.79 Å². The van der Waals surface area contributed by atoms with Crippen molar-refractivity contribution in [2.75, 3.05) is 39.3 Å². The van der Waals surface area contributed by atoms with Crippen LogP contribution in [0.2, 0.25) is 0 Å². The van der Waals surface area contributed by atoms with Crippen molar-refractivity contribution in [3.63, 3.8) is 0 Å². The van der Waals surface area contributed by atoms with Gasteiger partial charge in [-0.3, -0.25) is 19.5 Å². The standard InChI is InChI=1S/C20H29N3O2.CH2O2/c1-2-20-15-22(12-13-23(20)19(24)25-16-20)18-8-10-21(11-9-18)14-17-6-4-3-5-7-17;2-1-3/h3-7,18H,2,8-16H2,1H3;1H,(H,2,3). The van der Waals surface area contributed by atoms with Gasteiger partial charge in [0, 0.05) is 32.2 Å².